The molecule has 0 spiro atoms. The first kappa shape index (κ1) is 16.8. The van der Waals surface area contributed by atoms with E-state index in [9.17, 15) is 24.0 Å². The van der Waals surface area contributed by atoms with Crippen LogP contribution in [-0.2, 0) is 14.4 Å². The van der Waals surface area contributed by atoms with Gasteiger partial charge in [-0.1, -0.05) is 12.1 Å². The van der Waals surface area contributed by atoms with Crippen molar-refractivity contribution in [1.82, 2.24) is 15.5 Å². The number of hydrogen-bond donors (Lipinski definition) is 3. The Balaban J connectivity index is 2.01. The van der Waals surface area contributed by atoms with Crippen LogP contribution in [0.15, 0.2) is 18.2 Å². The lowest BCUT2D eigenvalue weighted by Crippen LogP contribution is -2.54. The highest BCUT2D eigenvalue weighted by molar-refractivity contribution is 6.24. The zero-order valence-corrected chi connectivity index (χ0v) is 13.4. The first-order valence-electron chi connectivity index (χ1n) is 7.68. The molecule has 2 heterocycles. The number of amides is 5. The van der Waals surface area contributed by atoms with Gasteiger partial charge in [-0.25, -0.2) is 0 Å². The third-order valence-electron chi connectivity index (χ3n) is 4.36. The molecule has 0 aliphatic carbocycles. The number of imide groups is 2. The molecule has 9 nitrogen and oxygen atoms in total. The number of nitrogens with zero attached hydrogens (tertiary/aromatic N) is 1. The first-order chi connectivity index (χ1) is 11.9. The summed E-state index contributed by atoms with van der Waals surface area (Å²) in [6, 6.07) is 2.28. The number of carbonyl (C=O) groups excluding carboxylic acids is 5. The van der Waals surface area contributed by atoms with Gasteiger partial charge in [0, 0.05) is 13.5 Å². The van der Waals surface area contributed by atoms with Crippen molar-refractivity contribution in [3.05, 3.63) is 34.9 Å². The molecule has 3 rings (SSSR count). The fraction of sp³-hybridized carbons (Fsp3) is 0.312. The Kier molecular flexibility index (Phi) is 4.09. The molecule has 2 aliphatic rings. The number of carbonyl (C=O) groups is 5. The maximum absolute atomic E-state index is 12.8. The van der Waals surface area contributed by atoms with Crippen molar-refractivity contribution in [2.75, 3.05) is 7.05 Å². The number of likely N-dealkylation sites (N-methyl/N-ethyl adjacent to an activating group) is 1. The average molecular weight is 344 g/mol. The van der Waals surface area contributed by atoms with Crippen molar-refractivity contribution in [2.24, 2.45) is 5.73 Å². The molecular weight excluding hydrogens is 328 g/mol. The second kappa shape index (κ2) is 6.10. The largest absolute Gasteiger partial charge is 0.358 e. The van der Waals surface area contributed by atoms with Crippen molar-refractivity contribution >= 4 is 29.5 Å². The summed E-state index contributed by atoms with van der Waals surface area (Å²) in [6.45, 7) is 0. The number of fused-ring (bicyclic) bond motifs is 1. The van der Waals surface area contributed by atoms with E-state index in [0.717, 1.165) is 4.90 Å². The van der Waals surface area contributed by atoms with E-state index < -0.39 is 41.6 Å². The van der Waals surface area contributed by atoms with E-state index in [0.29, 0.717) is 0 Å². The standard InChI is InChI=1S/C16H16N4O5/c1-18-14(23)12(17)7-3-2-4-8-11(7)16(25)20(15(8)24)9-5-6-10(21)19-13(9)22/h2-4,9,12H,5-6,17H2,1H3,(H,18,23)(H,19,21,22). The van der Waals surface area contributed by atoms with Crippen LogP contribution in [0.5, 0.6) is 0 Å². The van der Waals surface area contributed by atoms with Crippen LogP contribution in [0.2, 0.25) is 0 Å². The molecule has 0 bridgehead atoms. The van der Waals surface area contributed by atoms with Gasteiger partial charge in [-0.2, -0.15) is 0 Å². The third kappa shape index (κ3) is 2.58. The van der Waals surface area contributed by atoms with Gasteiger partial charge in [0.2, 0.25) is 17.7 Å². The van der Waals surface area contributed by atoms with Gasteiger partial charge in [-0.05, 0) is 18.1 Å². The summed E-state index contributed by atoms with van der Waals surface area (Å²) in [4.78, 5) is 61.5. The Morgan fingerprint density at radius 3 is 2.64 bits per heavy atom. The Morgan fingerprint density at radius 1 is 1.28 bits per heavy atom. The molecule has 2 atom stereocenters. The highest BCUT2D eigenvalue weighted by atomic mass is 16.2. The van der Waals surface area contributed by atoms with Gasteiger partial charge in [0.25, 0.3) is 11.8 Å². The van der Waals surface area contributed by atoms with Crippen LogP contribution < -0.4 is 16.4 Å². The highest BCUT2D eigenvalue weighted by Gasteiger charge is 2.46. The summed E-state index contributed by atoms with van der Waals surface area (Å²) >= 11 is 0. The number of piperidine rings is 1. The fourth-order valence-corrected chi connectivity index (χ4v) is 3.10. The summed E-state index contributed by atoms with van der Waals surface area (Å²) in [5.74, 6) is -2.97. The molecular formula is C16H16N4O5. The molecule has 9 heteroatoms. The molecule has 4 N–H and O–H groups in total. The van der Waals surface area contributed by atoms with E-state index in [-0.39, 0.29) is 29.5 Å². The SMILES string of the molecule is CNC(=O)C(N)c1cccc2c1C(=O)N(C1CCC(=O)NC1=O)C2=O. The van der Waals surface area contributed by atoms with E-state index in [4.69, 9.17) is 5.73 Å². The summed E-state index contributed by atoms with van der Waals surface area (Å²) in [6.07, 6.45) is 0.0986. The molecule has 1 aromatic carbocycles. The minimum Gasteiger partial charge on any atom is -0.358 e. The number of nitrogens with two attached hydrogens (primary N) is 1. The number of hydrogen-bond acceptors (Lipinski definition) is 6. The molecule has 1 fully saturated rings. The second-order valence-corrected chi connectivity index (χ2v) is 5.81. The van der Waals surface area contributed by atoms with E-state index >= 15 is 0 Å². The van der Waals surface area contributed by atoms with Crippen LogP contribution in [0.1, 0.15) is 45.2 Å². The molecule has 2 aliphatic heterocycles. The molecule has 25 heavy (non-hydrogen) atoms. The van der Waals surface area contributed by atoms with Crippen molar-refractivity contribution in [3.8, 4) is 0 Å². The van der Waals surface area contributed by atoms with Gasteiger partial charge in [0.1, 0.15) is 12.1 Å². The maximum atomic E-state index is 12.8. The van der Waals surface area contributed by atoms with Gasteiger partial charge in [0.05, 0.1) is 11.1 Å². The van der Waals surface area contributed by atoms with Gasteiger partial charge < -0.3 is 11.1 Å². The number of nitrogens with one attached hydrogen (secondary N) is 2. The van der Waals surface area contributed by atoms with Crippen LogP contribution in [0.3, 0.4) is 0 Å². The van der Waals surface area contributed by atoms with E-state index in [1.54, 1.807) is 0 Å². The highest BCUT2D eigenvalue weighted by Crippen LogP contribution is 2.31. The Hall–Kier alpha value is -3.07. The lowest BCUT2D eigenvalue weighted by molar-refractivity contribution is -0.136. The molecule has 1 saturated heterocycles. The van der Waals surface area contributed by atoms with Crippen LogP contribution >= 0.6 is 0 Å². The van der Waals surface area contributed by atoms with E-state index in [2.05, 4.69) is 10.6 Å². The predicted octanol–water partition coefficient (Wildman–Crippen LogP) is -1.17. The monoisotopic (exact) mass is 344 g/mol. The Labute approximate surface area is 142 Å². The fourth-order valence-electron chi connectivity index (χ4n) is 3.10. The van der Waals surface area contributed by atoms with Crippen LogP contribution in [0.4, 0.5) is 0 Å². The molecule has 2 unspecified atom stereocenters. The Bertz CT molecular complexity index is 819. The van der Waals surface area contributed by atoms with Crippen LogP contribution in [0, 0.1) is 0 Å². The minimum absolute atomic E-state index is 0.0216. The molecule has 0 saturated carbocycles. The molecule has 5 amide bonds. The van der Waals surface area contributed by atoms with Gasteiger partial charge in [-0.15, -0.1) is 0 Å². The van der Waals surface area contributed by atoms with Crippen LogP contribution in [0.25, 0.3) is 0 Å². The lowest BCUT2D eigenvalue weighted by Gasteiger charge is -2.27. The second-order valence-electron chi connectivity index (χ2n) is 5.81. The maximum Gasteiger partial charge on any atom is 0.262 e. The summed E-state index contributed by atoms with van der Waals surface area (Å²) < 4.78 is 0. The number of rotatable bonds is 3. The van der Waals surface area contributed by atoms with Gasteiger partial charge in [-0.3, -0.25) is 34.2 Å². The molecule has 0 radical (unpaired) electrons. The summed E-state index contributed by atoms with van der Waals surface area (Å²) in [5.41, 5.74) is 6.21. The van der Waals surface area contributed by atoms with Crippen molar-refractivity contribution in [2.45, 2.75) is 24.9 Å². The Morgan fingerprint density at radius 2 is 2.00 bits per heavy atom. The first-order valence-corrected chi connectivity index (χ1v) is 7.68. The number of benzene rings is 1. The normalized spacial score (nSPS) is 21.0. The minimum atomic E-state index is -1.13. The third-order valence-corrected chi connectivity index (χ3v) is 4.36. The average Bonchev–Trinajstić information content (AvgIpc) is 2.85. The van der Waals surface area contributed by atoms with E-state index in [1.165, 1.54) is 25.2 Å². The zero-order valence-electron chi connectivity index (χ0n) is 13.4. The summed E-state index contributed by atoms with van der Waals surface area (Å²) in [5, 5.41) is 4.52. The van der Waals surface area contributed by atoms with Crippen molar-refractivity contribution < 1.29 is 24.0 Å². The van der Waals surface area contributed by atoms with Crippen LogP contribution in [-0.4, -0.2) is 47.5 Å². The summed E-state index contributed by atoms with van der Waals surface area (Å²) in [7, 11) is 1.41. The zero-order chi connectivity index (χ0) is 18.3. The predicted molar refractivity (Wildman–Crippen MR) is 84.1 cm³/mol. The quantitative estimate of drug-likeness (QED) is 0.591. The van der Waals surface area contributed by atoms with E-state index in [1.807, 2.05) is 0 Å². The molecule has 130 valence electrons. The lowest BCUT2D eigenvalue weighted by atomic mass is 9.97. The van der Waals surface area contributed by atoms with Crippen molar-refractivity contribution in [3.63, 3.8) is 0 Å². The van der Waals surface area contributed by atoms with Gasteiger partial charge >= 0.3 is 0 Å². The molecule has 1 aromatic rings. The molecule has 0 aromatic heterocycles. The van der Waals surface area contributed by atoms with Crippen molar-refractivity contribution in [1.29, 1.82) is 0 Å². The topological polar surface area (TPSA) is 139 Å². The smallest absolute Gasteiger partial charge is 0.262 e. The van der Waals surface area contributed by atoms with Gasteiger partial charge in [0.15, 0.2) is 0 Å².